The first-order chi connectivity index (χ1) is 14.9. The summed E-state index contributed by atoms with van der Waals surface area (Å²) in [7, 11) is -2.38. The molecule has 1 N–H and O–H groups in total. The topological polar surface area (TPSA) is 75.7 Å². The van der Waals surface area contributed by atoms with Crippen LogP contribution in [0.4, 0.5) is 5.69 Å². The number of hydrogen-bond acceptors (Lipinski definition) is 4. The van der Waals surface area contributed by atoms with E-state index in [4.69, 9.17) is 4.74 Å². The minimum Gasteiger partial charge on any atom is -0.497 e. The molecule has 0 aliphatic carbocycles. The van der Waals surface area contributed by atoms with Gasteiger partial charge in [-0.2, -0.15) is 4.31 Å². The van der Waals surface area contributed by atoms with E-state index in [9.17, 15) is 13.2 Å². The van der Waals surface area contributed by atoms with E-state index in [0.717, 1.165) is 16.7 Å². The molecule has 7 heteroatoms. The third kappa shape index (κ3) is 4.33. The zero-order valence-corrected chi connectivity index (χ0v) is 18.2. The molecule has 0 spiro atoms. The predicted octanol–water partition coefficient (Wildman–Crippen LogP) is 3.76. The number of nitrogens with zero attached hydrogens (tertiary/aromatic N) is 1. The third-order valence-corrected chi connectivity index (χ3v) is 7.36. The second kappa shape index (κ2) is 8.53. The molecular formula is C24H24N2O4S. The van der Waals surface area contributed by atoms with E-state index in [1.54, 1.807) is 12.1 Å². The Labute approximate surface area is 182 Å². The van der Waals surface area contributed by atoms with Crippen molar-refractivity contribution in [2.75, 3.05) is 12.4 Å². The molecule has 6 nitrogen and oxygen atoms in total. The smallest absolute Gasteiger partial charge is 0.244 e. The van der Waals surface area contributed by atoms with Crippen molar-refractivity contribution in [2.24, 2.45) is 0 Å². The fourth-order valence-corrected chi connectivity index (χ4v) is 5.29. The number of anilines is 1. The summed E-state index contributed by atoms with van der Waals surface area (Å²) in [6.45, 7) is 2.10. The van der Waals surface area contributed by atoms with E-state index >= 15 is 0 Å². The fraction of sp³-hybridized carbons (Fsp3) is 0.208. The fourth-order valence-electron chi connectivity index (χ4n) is 3.72. The SMILES string of the molecule is COc1ccc(S(=O)(=O)N2Cc3ccccc3CC2C(=O)Nc2ccc(C)cc2)cc1. The van der Waals surface area contributed by atoms with Crippen molar-refractivity contribution in [3.05, 3.63) is 89.5 Å². The van der Waals surface area contributed by atoms with E-state index in [2.05, 4.69) is 5.32 Å². The standard InChI is InChI=1S/C24H24N2O4S/c1-17-7-9-20(10-8-17)25-24(27)23-15-18-5-3-4-6-19(18)16-26(23)31(28,29)22-13-11-21(30-2)12-14-22/h3-14,23H,15-16H2,1-2H3,(H,25,27). The molecule has 1 aliphatic rings. The number of methoxy groups -OCH3 is 1. The van der Waals surface area contributed by atoms with Gasteiger partial charge in [0.2, 0.25) is 15.9 Å². The van der Waals surface area contributed by atoms with Gasteiger partial charge < -0.3 is 10.1 Å². The van der Waals surface area contributed by atoms with Crippen LogP contribution >= 0.6 is 0 Å². The third-order valence-electron chi connectivity index (χ3n) is 5.49. The number of hydrogen-bond donors (Lipinski definition) is 1. The van der Waals surface area contributed by atoms with E-state index in [-0.39, 0.29) is 17.3 Å². The van der Waals surface area contributed by atoms with Gasteiger partial charge in [-0.05, 0) is 60.9 Å². The van der Waals surface area contributed by atoms with Gasteiger partial charge in [-0.3, -0.25) is 4.79 Å². The van der Waals surface area contributed by atoms with Crippen LogP contribution in [0, 0.1) is 6.92 Å². The zero-order valence-electron chi connectivity index (χ0n) is 17.4. The van der Waals surface area contributed by atoms with Crippen LogP contribution < -0.4 is 10.1 Å². The Hall–Kier alpha value is -3.16. The highest BCUT2D eigenvalue weighted by molar-refractivity contribution is 7.89. The number of aryl methyl sites for hydroxylation is 1. The lowest BCUT2D eigenvalue weighted by Crippen LogP contribution is -2.50. The van der Waals surface area contributed by atoms with Gasteiger partial charge in [-0.25, -0.2) is 8.42 Å². The lowest BCUT2D eigenvalue weighted by molar-refractivity contribution is -0.120. The molecule has 1 heterocycles. The van der Waals surface area contributed by atoms with Gasteiger partial charge in [0.15, 0.2) is 0 Å². The first kappa shape index (κ1) is 21.1. The number of carbonyl (C=O) groups excluding carboxylic acids is 1. The minimum atomic E-state index is -3.91. The maximum absolute atomic E-state index is 13.5. The highest BCUT2D eigenvalue weighted by Gasteiger charge is 2.39. The summed E-state index contributed by atoms with van der Waals surface area (Å²) in [5, 5.41) is 2.88. The van der Waals surface area contributed by atoms with Crippen LogP contribution in [0.25, 0.3) is 0 Å². The van der Waals surface area contributed by atoms with Crippen LogP contribution in [-0.4, -0.2) is 31.8 Å². The Morgan fingerprint density at radius 3 is 2.26 bits per heavy atom. The average molecular weight is 437 g/mol. The summed E-state index contributed by atoms with van der Waals surface area (Å²) in [5.41, 5.74) is 3.59. The summed E-state index contributed by atoms with van der Waals surface area (Å²) in [6.07, 6.45) is 0.309. The van der Waals surface area contributed by atoms with E-state index in [0.29, 0.717) is 17.9 Å². The molecule has 1 amide bonds. The van der Waals surface area contributed by atoms with Crippen LogP contribution in [0.2, 0.25) is 0 Å². The van der Waals surface area contributed by atoms with Gasteiger partial charge in [0.1, 0.15) is 11.8 Å². The molecule has 0 fully saturated rings. The lowest BCUT2D eigenvalue weighted by atomic mass is 9.95. The Morgan fingerprint density at radius 1 is 0.968 bits per heavy atom. The highest BCUT2D eigenvalue weighted by atomic mass is 32.2. The highest BCUT2D eigenvalue weighted by Crippen LogP contribution is 2.30. The molecule has 3 aromatic carbocycles. The van der Waals surface area contributed by atoms with E-state index in [1.807, 2.05) is 55.5 Å². The lowest BCUT2D eigenvalue weighted by Gasteiger charge is -2.35. The van der Waals surface area contributed by atoms with Crippen molar-refractivity contribution in [1.29, 1.82) is 0 Å². The number of amides is 1. The minimum absolute atomic E-state index is 0.126. The molecule has 1 atom stereocenters. The quantitative estimate of drug-likeness (QED) is 0.661. The molecule has 0 bridgehead atoms. The van der Waals surface area contributed by atoms with Crippen molar-refractivity contribution < 1.29 is 17.9 Å². The number of sulfonamides is 1. The van der Waals surface area contributed by atoms with Crippen LogP contribution in [-0.2, 0) is 27.8 Å². The predicted molar refractivity (Wildman–Crippen MR) is 119 cm³/mol. The number of rotatable bonds is 5. The molecule has 4 rings (SSSR count). The molecule has 0 aromatic heterocycles. The first-order valence-corrected chi connectivity index (χ1v) is 11.4. The summed E-state index contributed by atoms with van der Waals surface area (Å²) < 4.78 is 33.5. The molecule has 31 heavy (non-hydrogen) atoms. The van der Waals surface area contributed by atoms with Crippen LogP contribution in [0.5, 0.6) is 5.75 Å². The van der Waals surface area contributed by atoms with Crippen LogP contribution in [0.15, 0.2) is 77.7 Å². The first-order valence-electron chi connectivity index (χ1n) is 9.99. The Bertz CT molecular complexity index is 1190. The molecule has 1 unspecified atom stereocenters. The molecule has 160 valence electrons. The Balaban J connectivity index is 1.69. The largest absolute Gasteiger partial charge is 0.497 e. The maximum atomic E-state index is 13.5. The molecule has 0 radical (unpaired) electrons. The Kier molecular flexibility index (Phi) is 5.80. The molecule has 0 saturated carbocycles. The second-order valence-electron chi connectivity index (χ2n) is 7.57. The van der Waals surface area contributed by atoms with Crippen molar-refractivity contribution in [3.63, 3.8) is 0 Å². The van der Waals surface area contributed by atoms with Crippen molar-refractivity contribution in [1.82, 2.24) is 4.31 Å². The van der Waals surface area contributed by atoms with E-state index < -0.39 is 16.1 Å². The zero-order chi connectivity index (χ0) is 22.0. The van der Waals surface area contributed by atoms with Gasteiger partial charge in [0, 0.05) is 12.2 Å². The summed E-state index contributed by atoms with van der Waals surface area (Å²) in [4.78, 5) is 13.3. The summed E-state index contributed by atoms with van der Waals surface area (Å²) >= 11 is 0. The Morgan fingerprint density at radius 2 is 1.61 bits per heavy atom. The van der Waals surface area contributed by atoms with Gasteiger partial charge in [-0.15, -0.1) is 0 Å². The van der Waals surface area contributed by atoms with Crippen LogP contribution in [0.3, 0.4) is 0 Å². The molecule has 3 aromatic rings. The monoisotopic (exact) mass is 436 g/mol. The number of fused-ring (bicyclic) bond motifs is 1. The molecule has 1 aliphatic heterocycles. The number of nitrogens with one attached hydrogen (secondary N) is 1. The maximum Gasteiger partial charge on any atom is 0.244 e. The number of ether oxygens (including phenoxy) is 1. The summed E-state index contributed by atoms with van der Waals surface area (Å²) in [5.74, 6) is 0.215. The van der Waals surface area contributed by atoms with E-state index in [1.165, 1.54) is 23.5 Å². The number of benzene rings is 3. The van der Waals surface area contributed by atoms with Gasteiger partial charge >= 0.3 is 0 Å². The van der Waals surface area contributed by atoms with Crippen molar-refractivity contribution in [3.8, 4) is 5.75 Å². The normalized spacial score (nSPS) is 16.4. The van der Waals surface area contributed by atoms with Gasteiger partial charge in [-0.1, -0.05) is 42.0 Å². The molecule has 0 saturated heterocycles. The van der Waals surface area contributed by atoms with Crippen LogP contribution in [0.1, 0.15) is 16.7 Å². The summed E-state index contributed by atoms with van der Waals surface area (Å²) in [6, 6.07) is 20.4. The van der Waals surface area contributed by atoms with Gasteiger partial charge in [0.05, 0.1) is 12.0 Å². The number of carbonyl (C=O) groups is 1. The van der Waals surface area contributed by atoms with Crippen molar-refractivity contribution >= 4 is 21.6 Å². The average Bonchev–Trinajstić information content (AvgIpc) is 2.79. The van der Waals surface area contributed by atoms with Crippen molar-refractivity contribution in [2.45, 2.75) is 30.8 Å². The van der Waals surface area contributed by atoms with Gasteiger partial charge in [0.25, 0.3) is 0 Å². The molecular weight excluding hydrogens is 412 g/mol. The second-order valence-corrected chi connectivity index (χ2v) is 9.46.